The SMILES string of the molecule is O=C(c1cccc(-c2ccccc2)c1)N1CCN2[C@@H](COC[C@@H]2C2CC2)C1. The summed E-state index contributed by atoms with van der Waals surface area (Å²) in [5.74, 6) is 0.957. The van der Waals surface area contributed by atoms with E-state index in [4.69, 9.17) is 4.74 Å². The molecule has 1 amide bonds. The molecule has 5 rings (SSSR count). The van der Waals surface area contributed by atoms with E-state index in [0.717, 1.165) is 55.5 Å². The van der Waals surface area contributed by atoms with Crippen LogP contribution in [0.3, 0.4) is 0 Å². The van der Waals surface area contributed by atoms with Gasteiger partial charge in [-0.15, -0.1) is 0 Å². The van der Waals surface area contributed by atoms with Crippen LogP contribution in [0.1, 0.15) is 23.2 Å². The zero-order valence-corrected chi connectivity index (χ0v) is 15.6. The van der Waals surface area contributed by atoms with E-state index in [1.807, 2.05) is 41.3 Å². The molecule has 27 heavy (non-hydrogen) atoms. The first-order valence-corrected chi connectivity index (χ1v) is 10.1. The quantitative estimate of drug-likeness (QED) is 0.840. The smallest absolute Gasteiger partial charge is 0.253 e. The third kappa shape index (κ3) is 3.40. The molecule has 0 aromatic heterocycles. The predicted octanol–water partition coefficient (Wildman–Crippen LogP) is 3.29. The van der Waals surface area contributed by atoms with Gasteiger partial charge >= 0.3 is 0 Å². The average molecular weight is 362 g/mol. The Bertz CT molecular complexity index is 818. The van der Waals surface area contributed by atoms with Crippen LogP contribution in [-0.4, -0.2) is 60.6 Å². The number of morpholine rings is 1. The third-order valence-electron chi connectivity index (χ3n) is 6.22. The molecule has 1 aliphatic carbocycles. The summed E-state index contributed by atoms with van der Waals surface area (Å²) in [4.78, 5) is 17.8. The maximum Gasteiger partial charge on any atom is 0.253 e. The van der Waals surface area contributed by atoms with E-state index in [0.29, 0.717) is 12.1 Å². The maximum absolute atomic E-state index is 13.2. The molecule has 0 N–H and O–H groups in total. The number of rotatable bonds is 3. The molecular formula is C23H26N2O2. The molecule has 4 heteroatoms. The van der Waals surface area contributed by atoms with Crippen molar-refractivity contribution in [2.45, 2.75) is 24.9 Å². The summed E-state index contributed by atoms with van der Waals surface area (Å²) < 4.78 is 5.88. The van der Waals surface area contributed by atoms with Crippen molar-refractivity contribution in [3.05, 3.63) is 60.2 Å². The molecule has 3 fully saturated rings. The number of nitrogens with zero attached hydrogens (tertiary/aromatic N) is 2. The summed E-state index contributed by atoms with van der Waals surface area (Å²) in [5.41, 5.74) is 3.01. The van der Waals surface area contributed by atoms with Crippen molar-refractivity contribution in [3.63, 3.8) is 0 Å². The molecular weight excluding hydrogens is 336 g/mol. The second kappa shape index (κ2) is 7.10. The van der Waals surface area contributed by atoms with E-state index in [9.17, 15) is 4.79 Å². The Hall–Kier alpha value is -2.17. The summed E-state index contributed by atoms with van der Waals surface area (Å²) in [7, 11) is 0. The summed E-state index contributed by atoms with van der Waals surface area (Å²) in [6.45, 7) is 4.18. The lowest BCUT2D eigenvalue weighted by atomic mass is 10.0. The molecule has 140 valence electrons. The van der Waals surface area contributed by atoms with Crippen LogP contribution in [0.15, 0.2) is 54.6 Å². The van der Waals surface area contributed by atoms with Crippen molar-refractivity contribution in [2.75, 3.05) is 32.8 Å². The van der Waals surface area contributed by atoms with Gasteiger partial charge in [0, 0.05) is 31.2 Å². The van der Waals surface area contributed by atoms with Crippen LogP contribution in [0.4, 0.5) is 0 Å². The first-order chi connectivity index (χ1) is 13.3. The largest absolute Gasteiger partial charge is 0.378 e. The molecule has 2 atom stereocenters. The van der Waals surface area contributed by atoms with Gasteiger partial charge in [0.2, 0.25) is 0 Å². The Balaban J connectivity index is 1.32. The summed E-state index contributed by atoms with van der Waals surface area (Å²) in [5, 5.41) is 0. The van der Waals surface area contributed by atoms with Gasteiger partial charge in [0.15, 0.2) is 0 Å². The van der Waals surface area contributed by atoms with Crippen molar-refractivity contribution in [3.8, 4) is 11.1 Å². The fourth-order valence-corrected chi connectivity index (χ4v) is 4.59. The Morgan fingerprint density at radius 3 is 2.56 bits per heavy atom. The van der Waals surface area contributed by atoms with Crippen LogP contribution in [0, 0.1) is 5.92 Å². The molecule has 0 radical (unpaired) electrons. The van der Waals surface area contributed by atoms with Gasteiger partial charge in [-0.3, -0.25) is 9.69 Å². The number of benzene rings is 2. The predicted molar refractivity (Wildman–Crippen MR) is 106 cm³/mol. The number of ether oxygens (including phenoxy) is 1. The van der Waals surface area contributed by atoms with Gasteiger partial charge in [-0.25, -0.2) is 0 Å². The lowest BCUT2D eigenvalue weighted by Crippen LogP contribution is -2.63. The number of piperazine rings is 1. The number of amides is 1. The second-order valence-corrected chi connectivity index (χ2v) is 8.03. The number of carbonyl (C=O) groups excluding carboxylic acids is 1. The highest BCUT2D eigenvalue weighted by Crippen LogP contribution is 2.38. The highest BCUT2D eigenvalue weighted by Gasteiger charge is 2.43. The van der Waals surface area contributed by atoms with Crippen molar-refractivity contribution < 1.29 is 9.53 Å². The average Bonchev–Trinajstić information content (AvgIpc) is 3.58. The monoisotopic (exact) mass is 362 g/mol. The molecule has 2 aromatic carbocycles. The van der Waals surface area contributed by atoms with Gasteiger partial charge in [-0.05, 0) is 42.0 Å². The highest BCUT2D eigenvalue weighted by molar-refractivity contribution is 5.95. The number of carbonyl (C=O) groups is 1. The first kappa shape index (κ1) is 17.0. The van der Waals surface area contributed by atoms with E-state index >= 15 is 0 Å². The van der Waals surface area contributed by atoms with Crippen LogP contribution >= 0.6 is 0 Å². The topological polar surface area (TPSA) is 32.8 Å². The van der Waals surface area contributed by atoms with Gasteiger partial charge in [0.05, 0.1) is 19.3 Å². The summed E-state index contributed by atoms with van der Waals surface area (Å²) in [6, 6.07) is 19.2. The lowest BCUT2D eigenvalue weighted by molar-refractivity contribution is -0.0816. The minimum absolute atomic E-state index is 0.140. The van der Waals surface area contributed by atoms with Gasteiger partial charge in [0.1, 0.15) is 0 Å². The van der Waals surface area contributed by atoms with E-state index in [2.05, 4.69) is 23.1 Å². The van der Waals surface area contributed by atoms with E-state index in [1.165, 1.54) is 12.8 Å². The minimum Gasteiger partial charge on any atom is -0.378 e. The molecule has 0 spiro atoms. The normalized spacial score (nSPS) is 25.9. The van der Waals surface area contributed by atoms with Crippen LogP contribution < -0.4 is 0 Å². The van der Waals surface area contributed by atoms with Gasteiger partial charge in [-0.1, -0.05) is 42.5 Å². The number of hydrogen-bond acceptors (Lipinski definition) is 3. The fraction of sp³-hybridized carbons (Fsp3) is 0.435. The Morgan fingerprint density at radius 2 is 1.74 bits per heavy atom. The highest BCUT2D eigenvalue weighted by atomic mass is 16.5. The number of fused-ring (bicyclic) bond motifs is 1. The molecule has 4 nitrogen and oxygen atoms in total. The molecule has 2 saturated heterocycles. The van der Waals surface area contributed by atoms with Gasteiger partial charge in [0.25, 0.3) is 5.91 Å². The molecule has 2 aromatic rings. The minimum atomic E-state index is 0.140. The Kier molecular flexibility index (Phi) is 4.46. The fourth-order valence-electron chi connectivity index (χ4n) is 4.59. The molecule has 0 bridgehead atoms. The molecule has 1 saturated carbocycles. The zero-order valence-electron chi connectivity index (χ0n) is 15.6. The van der Waals surface area contributed by atoms with E-state index in [-0.39, 0.29) is 5.91 Å². The van der Waals surface area contributed by atoms with E-state index < -0.39 is 0 Å². The van der Waals surface area contributed by atoms with E-state index in [1.54, 1.807) is 0 Å². The first-order valence-electron chi connectivity index (χ1n) is 10.1. The lowest BCUT2D eigenvalue weighted by Gasteiger charge is -2.48. The standard InChI is InChI=1S/C23H26N2O2/c26-23(20-8-4-7-19(13-20)17-5-2-1-3-6-17)24-11-12-25-21(14-24)15-27-16-22(25)18-9-10-18/h1-8,13,18,21-22H,9-12,14-16H2/t21-,22-/m1/s1. The maximum atomic E-state index is 13.2. The Labute approximate surface area is 160 Å². The molecule has 2 aliphatic heterocycles. The van der Waals surface area contributed by atoms with Crippen molar-refractivity contribution in [2.24, 2.45) is 5.92 Å². The van der Waals surface area contributed by atoms with Crippen LogP contribution in [0.25, 0.3) is 11.1 Å². The molecule has 2 heterocycles. The summed E-state index contributed by atoms with van der Waals surface area (Å²) in [6.07, 6.45) is 2.68. The van der Waals surface area contributed by atoms with Crippen LogP contribution in [0.2, 0.25) is 0 Å². The van der Waals surface area contributed by atoms with Crippen molar-refractivity contribution >= 4 is 5.91 Å². The zero-order chi connectivity index (χ0) is 18.2. The molecule has 0 unspecified atom stereocenters. The third-order valence-corrected chi connectivity index (χ3v) is 6.22. The van der Waals surface area contributed by atoms with Crippen molar-refractivity contribution in [1.82, 2.24) is 9.80 Å². The van der Waals surface area contributed by atoms with Gasteiger partial charge in [-0.2, -0.15) is 0 Å². The second-order valence-electron chi connectivity index (χ2n) is 8.03. The van der Waals surface area contributed by atoms with Crippen LogP contribution in [0.5, 0.6) is 0 Å². The molecule has 3 aliphatic rings. The number of hydrogen-bond donors (Lipinski definition) is 0. The van der Waals surface area contributed by atoms with Crippen LogP contribution in [-0.2, 0) is 4.74 Å². The van der Waals surface area contributed by atoms with Crippen molar-refractivity contribution in [1.29, 1.82) is 0 Å². The van der Waals surface area contributed by atoms with Gasteiger partial charge < -0.3 is 9.64 Å². The Morgan fingerprint density at radius 1 is 0.926 bits per heavy atom. The summed E-state index contributed by atoms with van der Waals surface area (Å²) >= 11 is 0.